The minimum atomic E-state index is -0.446. The van der Waals surface area contributed by atoms with Gasteiger partial charge in [-0.1, -0.05) is 12.1 Å². The molecule has 7 heteroatoms. The van der Waals surface area contributed by atoms with Crippen LogP contribution in [0.5, 0.6) is 0 Å². The molecular formula is C14H19N3O4. The number of carbonyl (C=O) groups excluding carboxylic acids is 1. The Labute approximate surface area is 123 Å². The third-order valence-electron chi connectivity index (χ3n) is 3.51. The van der Waals surface area contributed by atoms with Crippen molar-refractivity contribution in [2.45, 2.75) is 19.1 Å². The van der Waals surface area contributed by atoms with Gasteiger partial charge in [-0.05, 0) is 12.5 Å². The summed E-state index contributed by atoms with van der Waals surface area (Å²) >= 11 is 0. The lowest BCUT2D eigenvalue weighted by Gasteiger charge is -2.39. The zero-order valence-corrected chi connectivity index (χ0v) is 12.2. The van der Waals surface area contributed by atoms with Crippen molar-refractivity contribution in [3.63, 3.8) is 0 Å². The van der Waals surface area contributed by atoms with Gasteiger partial charge in [-0.2, -0.15) is 0 Å². The van der Waals surface area contributed by atoms with E-state index in [2.05, 4.69) is 5.32 Å². The van der Waals surface area contributed by atoms with Crippen LogP contribution in [0, 0.1) is 10.1 Å². The molecule has 1 aromatic carbocycles. The molecule has 7 nitrogen and oxygen atoms in total. The van der Waals surface area contributed by atoms with Crippen LogP contribution in [-0.2, 0) is 16.1 Å². The van der Waals surface area contributed by atoms with Gasteiger partial charge in [0.2, 0.25) is 5.91 Å². The minimum absolute atomic E-state index is 0.0175. The van der Waals surface area contributed by atoms with E-state index in [1.165, 1.54) is 17.0 Å². The zero-order valence-electron chi connectivity index (χ0n) is 12.2. The maximum Gasteiger partial charge on any atom is 0.269 e. The number of hydrogen-bond donors (Lipinski definition) is 1. The van der Waals surface area contributed by atoms with Crippen LogP contribution in [-0.4, -0.2) is 48.1 Å². The molecule has 0 saturated carbocycles. The van der Waals surface area contributed by atoms with E-state index >= 15 is 0 Å². The lowest BCUT2D eigenvalue weighted by atomic mass is 10.0. The fraction of sp³-hybridized carbons (Fsp3) is 0.500. The van der Waals surface area contributed by atoms with E-state index in [9.17, 15) is 14.9 Å². The summed E-state index contributed by atoms with van der Waals surface area (Å²) in [6.45, 7) is 3.78. The maximum absolute atomic E-state index is 12.0. The predicted octanol–water partition coefficient (Wildman–Crippen LogP) is 0.932. The number of benzene rings is 1. The molecule has 114 valence electrons. The Morgan fingerprint density at radius 2 is 2.24 bits per heavy atom. The van der Waals surface area contributed by atoms with Crippen molar-refractivity contribution in [2.24, 2.45) is 0 Å². The monoisotopic (exact) mass is 293 g/mol. The van der Waals surface area contributed by atoms with E-state index in [0.717, 1.165) is 18.7 Å². The second kappa shape index (κ2) is 6.19. The van der Waals surface area contributed by atoms with E-state index in [-0.39, 0.29) is 23.8 Å². The number of carbonyl (C=O) groups is 1. The second-order valence-corrected chi connectivity index (χ2v) is 5.52. The lowest BCUT2D eigenvalue weighted by Crippen LogP contribution is -2.59. The third kappa shape index (κ3) is 3.99. The number of nitro benzene ring substituents is 1. The van der Waals surface area contributed by atoms with Gasteiger partial charge in [-0.15, -0.1) is 0 Å². The molecule has 0 aromatic heterocycles. The number of likely N-dealkylation sites (N-methyl/N-ethyl adjacent to an activating group) is 1. The maximum atomic E-state index is 12.0. The summed E-state index contributed by atoms with van der Waals surface area (Å²) in [5, 5.41) is 13.8. The van der Waals surface area contributed by atoms with Crippen molar-refractivity contribution in [3.8, 4) is 0 Å². The fourth-order valence-electron chi connectivity index (χ4n) is 2.06. The highest BCUT2D eigenvalue weighted by Crippen LogP contribution is 2.16. The summed E-state index contributed by atoms with van der Waals surface area (Å²) in [5.41, 5.74) is 0.483. The molecule has 1 aromatic rings. The van der Waals surface area contributed by atoms with Gasteiger partial charge in [0, 0.05) is 38.8 Å². The van der Waals surface area contributed by atoms with Crippen molar-refractivity contribution in [2.75, 3.05) is 26.7 Å². The van der Waals surface area contributed by atoms with Gasteiger partial charge in [0.15, 0.2) is 0 Å². The van der Waals surface area contributed by atoms with Gasteiger partial charge in [0.05, 0.1) is 10.5 Å². The van der Waals surface area contributed by atoms with Crippen LogP contribution < -0.4 is 5.32 Å². The van der Waals surface area contributed by atoms with E-state index in [1.807, 2.05) is 6.92 Å². The van der Waals surface area contributed by atoms with Gasteiger partial charge >= 0.3 is 0 Å². The van der Waals surface area contributed by atoms with Crippen molar-refractivity contribution in [1.29, 1.82) is 0 Å². The molecular weight excluding hydrogens is 274 g/mol. The molecule has 0 radical (unpaired) electrons. The van der Waals surface area contributed by atoms with Crippen molar-refractivity contribution >= 4 is 11.6 Å². The highest BCUT2D eigenvalue weighted by molar-refractivity contribution is 5.77. The number of rotatable bonds is 6. The van der Waals surface area contributed by atoms with Crippen LogP contribution in [0.15, 0.2) is 24.3 Å². The molecule has 0 unspecified atom stereocenters. The first-order valence-corrected chi connectivity index (χ1v) is 6.72. The molecule has 1 aliphatic rings. The SMILES string of the molecule is CN(Cc1cccc([N+](=O)[O-])c1)C(=O)COC1(C)CNC1. The van der Waals surface area contributed by atoms with E-state index < -0.39 is 4.92 Å². The average Bonchev–Trinajstić information content (AvgIpc) is 2.42. The summed E-state index contributed by atoms with van der Waals surface area (Å²) in [7, 11) is 1.66. The molecule has 0 bridgehead atoms. The van der Waals surface area contributed by atoms with Gasteiger partial charge in [-0.3, -0.25) is 14.9 Å². The summed E-state index contributed by atoms with van der Waals surface area (Å²) in [5.74, 6) is -0.144. The summed E-state index contributed by atoms with van der Waals surface area (Å²) in [4.78, 5) is 23.8. The largest absolute Gasteiger partial charge is 0.363 e. The average molecular weight is 293 g/mol. The molecule has 1 amide bonds. The Morgan fingerprint density at radius 1 is 1.52 bits per heavy atom. The molecule has 1 saturated heterocycles. The highest BCUT2D eigenvalue weighted by Gasteiger charge is 2.33. The van der Waals surface area contributed by atoms with Crippen LogP contribution >= 0.6 is 0 Å². The van der Waals surface area contributed by atoms with Crippen LogP contribution in [0.2, 0.25) is 0 Å². The molecule has 0 aliphatic carbocycles. The van der Waals surface area contributed by atoms with Crippen molar-refractivity contribution < 1.29 is 14.5 Å². The first kappa shape index (κ1) is 15.4. The molecule has 1 fully saturated rings. The van der Waals surface area contributed by atoms with Crippen molar-refractivity contribution in [3.05, 3.63) is 39.9 Å². The number of ether oxygens (including phenoxy) is 1. The Morgan fingerprint density at radius 3 is 2.81 bits per heavy atom. The molecule has 2 rings (SSSR count). The number of amides is 1. The van der Waals surface area contributed by atoms with Crippen LogP contribution in [0.25, 0.3) is 0 Å². The normalized spacial score (nSPS) is 16.1. The highest BCUT2D eigenvalue weighted by atomic mass is 16.6. The molecule has 1 aliphatic heterocycles. The number of hydrogen-bond acceptors (Lipinski definition) is 5. The summed E-state index contributed by atoms with van der Waals surface area (Å²) in [6, 6.07) is 6.28. The predicted molar refractivity (Wildman–Crippen MR) is 76.8 cm³/mol. The van der Waals surface area contributed by atoms with E-state index in [4.69, 9.17) is 4.74 Å². The fourth-order valence-corrected chi connectivity index (χ4v) is 2.06. The lowest BCUT2D eigenvalue weighted by molar-refractivity contribution is -0.384. The number of nitrogens with one attached hydrogen (secondary N) is 1. The first-order chi connectivity index (χ1) is 9.89. The number of nitro groups is 1. The Kier molecular flexibility index (Phi) is 4.54. The molecule has 0 spiro atoms. The Hall–Kier alpha value is -1.99. The number of non-ortho nitro benzene ring substituents is 1. The standard InChI is InChI=1S/C14H19N3O4/c1-14(9-15-10-14)21-8-13(18)16(2)7-11-4-3-5-12(6-11)17(19)20/h3-6,15H,7-10H2,1-2H3. The van der Waals surface area contributed by atoms with Crippen LogP contribution in [0.1, 0.15) is 12.5 Å². The van der Waals surface area contributed by atoms with Crippen molar-refractivity contribution in [1.82, 2.24) is 10.2 Å². The summed E-state index contributed by atoms with van der Waals surface area (Å²) in [6.07, 6.45) is 0. The van der Waals surface area contributed by atoms with E-state index in [0.29, 0.717) is 6.54 Å². The first-order valence-electron chi connectivity index (χ1n) is 6.72. The third-order valence-corrected chi connectivity index (χ3v) is 3.51. The minimum Gasteiger partial charge on any atom is -0.363 e. The van der Waals surface area contributed by atoms with E-state index in [1.54, 1.807) is 19.2 Å². The molecule has 21 heavy (non-hydrogen) atoms. The molecule has 0 atom stereocenters. The quantitative estimate of drug-likeness (QED) is 0.623. The van der Waals surface area contributed by atoms with Crippen LogP contribution in [0.3, 0.4) is 0 Å². The van der Waals surface area contributed by atoms with Gasteiger partial charge in [-0.25, -0.2) is 0 Å². The van der Waals surface area contributed by atoms with Gasteiger partial charge in [0.1, 0.15) is 6.61 Å². The number of nitrogens with zero attached hydrogens (tertiary/aromatic N) is 2. The Balaban J connectivity index is 1.88. The van der Waals surface area contributed by atoms with Crippen LogP contribution in [0.4, 0.5) is 5.69 Å². The second-order valence-electron chi connectivity index (χ2n) is 5.52. The summed E-state index contributed by atoms with van der Waals surface area (Å²) < 4.78 is 5.59. The molecule has 1 N–H and O–H groups in total. The zero-order chi connectivity index (χ0) is 15.5. The van der Waals surface area contributed by atoms with Gasteiger partial charge < -0.3 is 15.0 Å². The Bertz CT molecular complexity index is 543. The topological polar surface area (TPSA) is 84.7 Å². The molecule has 1 heterocycles. The van der Waals surface area contributed by atoms with Gasteiger partial charge in [0.25, 0.3) is 5.69 Å². The smallest absolute Gasteiger partial charge is 0.269 e.